The first-order valence-electron chi connectivity index (χ1n) is 13.1. The van der Waals surface area contributed by atoms with Crippen LogP contribution < -0.4 is 9.64 Å². The number of methoxy groups -OCH3 is 1. The molecule has 34 heavy (non-hydrogen) atoms. The van der Waals surface area contributed by atoms with Crippen molar-refractivity contribution >= 4 is 22.7 Å². The number of piperidine rings is 1. The lowest BCUT2D eigenvalue weighted by Gasteiger charge is -2.34. The topological polar surface area (TPSA) is 58.1 Å². The summed E-state index contributed by atoms with van der Waals surface area (Å²) in [5.41, 5.74) is 2.14. The minimum absolute atomic E-state index is 0.0894. The Morgan fingerprint density at radius 3 is 2.59 bits per heavy atom. The van der Waals surface area contributed by atoms with Gasteiger partial charge in [-0.2, -0.15) is 0 Å². The highest BCUT2D eigenvalue weighted by atomic mass is 16.6. The van der Waals surface area contributed by atoms with Gasteiger partial charge in [-0.05, 0) is 75.6 Å². The van der Waals surface area contributed by atoms with Gasteiger partial charge in [0.25, 0.3) is 0 Å². The first-order valence-corrected chi connectivity index (χ1v) is 13.1. The molecule has 1 amide bonds. The molecule has 3 aliphatic rings. The quantitative estimate of drug-likeness (QED) is 0.645. The van der Waals surface area contributed by atoms with Crippen LogP contribution in [-0.4, -0.2) is 79.9 Å². The Labute approximate surface area is 203 Å². The first kappa shape index (κ1) is 23.2. The van der Waals surface area contributed by atoms with Crippen molar-refractivity contribution in [2.45, 2.75) is 51.0 Å². The SMILES string of the molecule is COc1ccc2cccnc2c1N1CCCN(CC2CCN(C(=O)OC3CCCC3)CC2)CC1. The Morgan fingerprint density at radius 1 is 0.971 bits per heavy atom. The molecular formula is C27H38N4O3. The lowest BCUT2D eigenvalue weighted by molar-refractivity contribution is 0.0525. The summed E-state index contributed by atoms with van der Waals surface area (Å²) in [7, 11) is 1.74. The fourth-order valence-electron chi connectivity index (χ4n) is 5.85. The summed E-state index contributed by atoms with van der Waals surface area (Å²) in [5, 5.41) is 1.15. The Bertz CT molecular complexity index is 970. The number of benzene rings is 1. The molecule has 0 unspecified atom stereocenters. The lowest BCUT2D eigenvalue weighted by Crippen LogP contribution is -2.43. The molecule has 2 aromatic rings. The van der Waals surface area contributed by atoms with Crippen molar-refractivity contribution in [1.82, 2.24) is 14.8 Å². The molecule has 2 saturated heterocycles. The molecule has 0 N–H and O–H groups in total. The van der Waals surface area contributed by atoms with Crippen molar-refractivity contribution in [3.05, 3.63) is 30.5 Å². The van der Waals surface area contributed by atoms with E-state index < -0.39 is 0 Å². The molecule has 3 fully saturated rings. The zero-order chi connectivity index (χ0) is 23.3. The summed E-state index contributed by atoms with van der Waals surface area (Å²) >= 11 is 0. The number of aromatic nitrogens is 1. The summed E-state index contributed by atoms with van der Waals surface area (Å²) in [6, 6.07) is 8.26. The van der Waals surface area contributed by atoms with Gasteiger partial charge in [0, 0.05) is 50.9 Å². The van der Waals surface area contributed by atoms with Crippen molar-refractivity contribution in [3.63, 3.8) is 0 Å². The van der Waals surface area contributed by atoms with Crippen LogP contribution in [0.5, 0.6) is 5.75 Å². The Hall–Kier alpha value is -2.54. The number of hydrogen-bond acceptors (Lipinski definition) is 6. The monoisotopic (exact) mass is 466 g/mol. The number of carbonyl (C=O) groups is 1. The molecular weight excluding hydrogens is 428 g/mol. The van der Waals surface area contributed by atoms with Crippen molar-refractivity contribution in [2.24, 2.45) is 5.92 Å². The maximum absolute atomic E-state index is 12.5. The second kappa shape index (κ2) is 10.8. The van der Waals surface area contributed by atoms with Gasteiger partial charge in [0.2, 0.25) is 0 Å². The minimum atomic E-state index is -0.0894. The van der Waals surface area contributed by atoms with E-state index in [0.29, 0.717) is 5.92 Å². The molecule has 0 radical (unpaired) electrons. The van der Waals surface area contributed by atoms with Crippen molar-refractivity contribution in [1.29, 1.82) is 0 Å². The largest absolute Gasteiger partial charge is 0.494 e. The maximum atomic E-state index is 12.5. The van der Waals surface area contributed by atoms with Gasteiger partial charge in [0.1, 0.15) is 17.5 Å². The van der Waals surface area contributed by atoms with E-state index in [2.05, 4.69) is 33.0 Å². The molecule has 7 heteroatoms. The van der Waals surface area contributed by atoms with Crippen LogP contribution >= 0.6 is 0 Å². The van der Waals surface area contributed by atoms with E-state index in [9.17, 15) is 4.79 Å². The van der Waals surface area contributed by atoms with Crippen LogP contribution in [-0.2, 0) is 4.74 Å². The number of hydrogen-bond donors (Lipinski definition) is 0. The van der Waals surface area contributed by atoms with Crippen LogP contribution in [0.25, 0.3) is 10.9 Å². The number of ether oxygens (including phenoxy) is 2. The van der Waals surface area contributed by atoms with Gasteiger partial charge in [-0.3, -0.25) is 4.98 Å². The molecule has 184 valence electrons. The van der Waals surface area contributed by atoms with Crippen LogP contribution in [0.15, 0.2) is 30.5 Å². The summed E-state index contributed by atoms with van der Waals surface area (Å²) in [4.78, 5) is 24.2. The molecule has 7 nitrogen and oxygen atoms in total. The predicted molar refractivity (Wildman–Crippen MR) is 135 cm³/mol. The van der Waals surface area contributed by atoms with Crippen LogP contribution in [0.2, 0.25) is 0 Å². The van der Waals surface area contributed by atoms with Crippen molar-refractivity contribution in [2.75, 3.05) is 57.8 Å². The number of likely N-dealkylation sites (tertiary alicyclic amines) is 1. The molecule has 1 aromatic carbocycles. The van der Waals surface area contributed by atoms with Gasteiger partial charge in [-0.1, -0.05) is 6.07 Å². The van der Waals surface area contributed by atoms with E-state index in [1.807, 2.05) is 17.2 Å². The fraction of sp³-hybridized carbons (Fsp3) is 0.630. The van der Waals surface area contributed by atoms with Crippen LogP contribution in [0.1, 0.15) is 44.9 Å². The normalized spacial score (nSPS) is 21.1. The number of pyridine rings is 1. The Morgan fingerprint density at radius 2 is 1.79 bits per heavy atom. The highest BCUT2D eigenvalue weighted by molar-refractivity contribution is 5.94. The Balaban J connectivity index is 1.14. The molecule has 3 heterocycles. The lowest BCUT2D eigenvalue weighted by atomic mass is 9.96. The highest BCUT2D eigenvalue weighted by Crippen LogP contribution is 2.35. The first-order chi connectivity index (χ1) is 16.7. The van der Waals surface area contributed by atoms with Gasteiger partial charge in [0.05, 0.1) is 12.6 Å². The fourth-order valence-corrected chi connectivity index (χ4v) is 5.85. The number of amides is 1. The third kappa shape index (κ3) is 5.24. The number of nitrogens with zero attached hydrogens (tertiary/aromatic N) is 4. The summed E-state index contributed by atoms with van der Waals surface area (Å²) in [6.07, 6.45) is 9.65. The van der Waals surface area contributed by atoms with Crippen LogP contribution in [0.4, 0.5) is 10.5 Å². The molecule has 5 rings (SSSR count). The maximum Gasteiger partial charge on any atom is 0.410 e. The smallest absolute Gasteiger partial charge is 0.410 e. The van der Waals surface area contributed by atoms with Gasteiger partial charge >= 0.3 is 6.09 Å². The summed E-state index contributed by atoms with van der Waals surface area (Å²) < 4.78 is 11.4. The Kier molecular flexibility index (Phi) is 7.38. The molecule has 1 saturated carbocycles. The van der Waals surface area contributed by atoms with E-state index in [1.165, 1.54) is 12.8 Å². The van der Waals surface area contributed by atoms with E-state index in [0.717, 1.165) is 100 Å². The third-order valence-electron chi connectivity index (χ3n) is 7.79. The van der Waals surface area contributed by atoms with E-state index in [4.69, 9.17) is 9.47 Å². The zero-order valence-corrected chi connectivity index (χ0v) is 20.5. The number of rotatable bonds is 5. The minimum Gasteiger partial charge on any atom is -0.494 e. The van der Waals surface area contributed by atoms with Gasteiger partial charge < -0.3 is 24.2 Å². The summed E-state index contributed by atoms with van der Waals surface area (Å²) in [6.45, 7) is 6.90. The van der Waals surface area contributed by atoms with Crippen LogP contribution in [0.3, 0.4) is 0 Å². The predicted octanol–water partition coefficient (Wildman–Crippen LogP) is 4.55. The van der Waals surface area contributed by atoms with Crippen LogP contribution in [0, 0.1) is 5.92 Å². The molecule has 1 aromatic heterocycles. The molecule has 1 aliphatic carbocycles. The van der Waals surface area contributed by atoms with Crippen molar-refractivity contribution in [3.8, 4) is 5.75 Å². The average Bonchev–Trinajstić information content (AvgIpc) is 3.28. The zero-order valence-electron chi connectivity index (χ0n) is 20.5. The third-order valence-corrected chi connectivity index (χ3v) is 7.79. The molecule has 0 atom stereocenters. The van der Waals surface area contributed by atoms with Gasteiger partial charge in [-0.15, -0.1) is 0 Å². The molecule has 0 spiro atoms. The number of fused-ring (bicyclic) bond motifs is 1. The van der Waals surface area contributed by atoms with E-state index in [-0.39, 0.29) is 12.2 Å². The number of anilines is 1. The van der Waals surface area contributed by atoms with E-state index in [1.54, 1.807) is 7.11 Å². The highest BCUT2D eigenvalue weighted by Gasteiger charge is 2.28. The van der Waals surface area contributed by atoms with Gasteiger partial charge in [0.15, 0.2) is 0 Å². The van der Waals surface area contributed by atoms with Crippen molar-refractivity contribution < 1.29 is 14.3 Å². The van der Waals surface area contributed by atoms with Gasteiger partial charge in [-0.25, -0.2) is 4.79 Å². The standard InChI is InChI=1S/C27H38N4O3/c1-33-24-10-9-22-6-4-13-28-25(22)26(24)30-15-5-14-29(18-19-30)20-21-11-16-31(17-12-21)27(32)34-23-7-2-3-8-23/h4,6,9-10,13,21,23H,2-3,5,7-8,11-12,14-20H2,1H3. The van der Waals surface area contributed by atoms with E-state index >= 15 is 0 Å². The molecule has 2 aliphatic heterocycles. The summed E-state index contributed by atoms with van der Waals surface area (Å²) in [5.74, 6) is 1.55. The second-order valence-corrected chi connectivity index (χ2v) is 10.1. The second-order valence-electron chi connectivity index (χ2n) is 10.1. The average molecular weight is 467 g/mol. The molecule has 0 bridgehead atoms. The number of carbonyl (C=O) groups excluding carboxylic acids is 1.